The van der Waals surface area contributed by atoms with E-state index in [0.717, 1.165) is 26.1 Å². The van der Waals surface area contributed by atoms with E-state index in [1.807, 2.05) is 0 Å². The molecule has 8 heteroatoms. The summed E-state index contributed by atoms with van der Waals surface area (Å²) >= 11 is 0. The Bertz CT molecular complexity index is 881. The normalized spacial score (nSPS) is 21.2. The van der Waals surface area contributed by atoms with Crippen molar-refractivity contribution >= 4 is 16.9 Å². The third kappa shape index (κ3) is 2.16. The molecular formula is C16H20FN5O2. The first-order chi connectivity index (χ1) is 11.5. The van der Waals surface area contributed by atoms with Crippen LogP contribution in [-0.4, -0.2) is 58.8 Å². The Kier molecular flexibility index (Phi) is 3.45. The number of hydrogen-bond donors (Lipinski definition) is 0. The van der Waals surface area contributed by atoms with Crippen LogP contribution in [0.2, 0.25) is 0 Å². The SMILES string of the molecule is Cc1nc2c3c(nc(=O)n2C)N2CCN(C)CC2CCOc3c1F. The number of pyridine rings is 1. The van der Waals surface area contributed by atoms with Gasteiger partial charge in [-0.3, -0.25) is 4.57 Å². The Balaban J connectivity index is 2.06. The fourth-order valence-corrected chi connectivity index (χ4v) is 3.57. The first kappa shape index (κ1) is 15.3. The third-order valence-electron chi connectivity index (χ3n) is 4.93. The summed E-state index contributed by atoms with van der Waals surface area (Å²) in [5.41, 5.74) is 0.249. The molecule has 128 valence electrons. The number of fused-ring (bicyclic) bond motifs is 2. The smallest absolute Gasteiger partial charge is 0.350 e. The van der Waals surface area contributed by atoms with Gasteiger partial charge >= 0.3 is 5.69 Å². The largest absolute Gasteiger partial charge is 0.489 e. The minimum Gasteiger partial charge on any atom is -0.489 e. The van der Waals surface area contributed by atoms with Crippen molar-refractivity contribution in [1.29, 1.82) is 0 Å². The zero-order valence-corrected chi connectivity index (χ0v) is 14.0. The van der Waals surface area contributed by atoms with E-state index in [9.17, 15) is 9.18 Å². The third-order valence-corrected chi connectivity index (χ3v) is 4.93. The molecule has 1 unspecified atom stereocenters. The molecule has 2 aliphatic heterocycles. The van der Waals surface area contributed by atoms with Crippen LogP contribution >= 0.6 is 0 Å². The second kappa shape index (κ2) is 5.41. The van der Waals surface area contributed by atoms with Gasteiger partial charge in [0.05, 0.1) is 12.3 Å². The first-order valence-corrected chi connectivity index (χ1v) is 8.12. The van der Waals surface area contributed by atoms with E-state index >= 15 is 0 Å². The standard InChI is InChI=1S/C16H20FN5O2/c1-9-12(17)13-11-14(18-9)21(3)16(23)19-15(11)22-6-5-20(2)8-10(22)4-7-24-13/h10H,4-8H2,1-3H3. The molecule has 0 amide bonds. The molecule has 1 saturated heterocycles. The summed E-state index contributed by atoms with van der Waals surface area (Å²) in [7, 11) is 3.67. The van der Waals surface area contributed by atoms with Crippen LogP contribution in [0.3, 0.4) is 0 Å². The summed E-state index contributed by atoms with van der Waals surface area (Å²) in [4.78, 5) is 25.2. The maximum atomic E-state index is 14.6. The van der Waals surface area contributed by atoms with Crippen LogP contribution < -0.4 is 15.3 Å². The van der Waals surface area contributed by atoms with Crippen molar-refractivity contribution in [3.8, 4) is 5.75 Å². The Morgan fingerprint density at radius 2 is 2.04 bits per heavy atom. The van der Waals surface area contributed by atoms with Gasteiger partial charge in [0.25, 0.3) is 0 Å². The fourth-order valence-electron chi connectivity index (χ4n) is 3.57. The number of rotatable bonds is 0. The molecule has 7 nitrogen and oxygen atoms in total. The number of piperazine rings is 1. The Morgan fingerprint density at radius 1 is 1.25 bits per heavy atom. The zero-order chi connectivity index (χ0) is 17.0. The number of anilines is 1. The molecule has 0 N–H and O–H groups in total. The maximum absolute atomic E-state index is 14.6. The number of hydrogen-bond acceptors (Lipinski definition) is 6. The average Bonchev–Trinajstić information content (AvgIpc) is 2.53. The molecule has 1 fully saturated rings. The van der Waals surface area contributed by atoms with Crippen molar-refractivity contribution < 1.29 is 9.13 Å². The van der Waals surface area contributed by atoms with Crippen molar-refractivity contribution in [2.75, 3.05) is 38.2 Å². The Hall–Kier alpha value is -2.22. The minimum atomic E-state index is -0.475. The number of ether oxygens (including phenoxy) is 1. The molecule has 0 bridgehead atoms. The number of aromatic nitrogens is 3. The molecule has 4 rings (SSSR count). The molecule has 0 spiro atoms. The average molecular weight is 333 g/mol. The van der Waals surface area contributed by atoms with Crippen molar-refractivity contribution in [3.05, 3.63) is 22.0 Å². The second-order valence-corrected chi connectivity index (χ2v) is 6.56. The molecule has 0 aliphatic carbocycles. The van der Waals surface area contributed by atoms with Gasteiger partial charge in [-0.25, -0.2) is 14.2 Å². The monoisotopic (exact) mass is 333 g/mol. The minimum absolute atomic E-state index is 0.160. The van der Waals surface area contributed by atoms with Gasteiger partial charge in [0, 0.05) is 39.1 Å². The van der Waals surface area contributed by atoms with Crippen LogP contribution in [0.4, 0.5) is 10.2 Å². The van der Waals surface area contributed by atoms with E-state index in [-0.39, 0.29) is 23.2 Å². The van der Waals surface area contributed by atoms with Gasteiger partial charge in [0.2, 0.25) is 0 Å². The molecule has 0 radical (unpaired) electrons. The van der Waals surface area contributed by atoms with Crippen molar-refractivity contribution in [1.82, 2.24) is 19.4 Å². The molecule has 1 atom stereocenters. The summed E-state index contributed by atoms with van der Waals surface area (Å²) in [6, 6.07) is 0.184. The maximum Gasteiger partial charge on any atom is 0.350 e. The highest BCUT2D eigenvalue weighted by Gasteiger charge is 2.32. The summed E-state index contributed by atoms with van der Waals surface area (Å²) in [6.07, 6.45) is 0.753. The van der Waals surface area contributed by atoms with Crippen LogP contribution in [0.5, 0.6) is 5.75 Å². The van der Waals surface area contributed by atoms with Crippen LogP contribution in [0, 0.1) is 12.7 Å². The predicted octanol–water partition coefficient (Wildman–Crippen LogP) is 0.679. The summed E-state index contributed by atoms with van der Waals surface area (Å²) < 4.78 is 21.8. The van der Waals surface area contributed by atoms with E-state index < -0.39 is 5.82 Å². The lowest BCUT2D eigenvalue weighted by Gasteiger charge is -2.42. The quantitative estimate of drug-likeness (QED) is 0.706. The van der Waals surface area contributed by atoms with E-state index in [2.05, 4.69) is 26.8 Å². The van der Waals surface area contributed by atoms with Gasteiger partial charge in [-0.1, -0.05) is 0 Å². The van der Waals surface area contributed by atoms with Crippen LogP contribution in [0.1, 0.15) is 12.1 Å². The lowest BCUT2D eigenvalue weighted by molar-refractivity contribution is 0.222. The molecular weight excluding hydrogens is 313 g/mol. The van der Waals surface area contributed by atoms with Crippen molar-refractivity contribution in [2.24, 2.45) is 7.05 Å². The van der Waals surface area contributed by atoms with Crippen molar-refractivity contribution in [2.45, 2.75) is 19.4 Å². The number of aryl methyl sites for hydroxylation is 2. The van der Waals surface area contributed by atoms with E-state index in [1.54, 1.807) is 14.0 Å². The lowest BCUT2D eigenvalue weighted by atomic mass is 10.1. The summed E-state index contributed by atoms with van der Waals surface area (Å²) in [6.45, 7) is 4.47. The molecule has 0 aromatic carbocycles. The molecule has 24 heavy (non-hydrogen) atoms. The molecule has 0 saturated carbocycles. The number of halogens is 1. The predicted molar refractivity (Wildman–Crippen MR) is 88.2 cm³/mol. The van der Waals surface area contributed by atoms with Crippen LogP contribution in [0.25, 0.3) is 11.0 Å². The van der Waals surface area contributed by atoms with Gasteiger partial charge in [-0.2, -0.15) is 4.98 Å². The molecule has 2 aromatic heterocycles. The fraction of sp³-hybridized carbons (Fsp3) is 0.562. The van der Waals surface area contributed by atoms with E-state index in [4.69, 9.17) is 4.74 Å². The lowest BCUT2D eigenvalue weighted by Crippen LogP contribution is -2.53. The highest BCUT2D eigenvalue weighted by Crippen LogP contribution is 2.37. The highest BCUT2D eigenvalue weighted by molar-refractivity contribution is 5.93. The summed E-state index contributed by atoms with van der Waals surface area (Å²) in [5.74, 6) is 0.178. The Labute approximate surface area is 138 Å². The highest BCUT2D eigenvalue weighted by atomic mass is 19.1. The van der Waals surface area contributed by atoms with E-state index in [1.165, 1.54) is 4.57 Å². The molecule has 2 aromatic rings. The topological polar surface area (TPSA) is 63.5 Å². The van der Waals surface area contributed by atoms with E-state index in [0.29, 0.717) is 23.5 Å². The van der Waals surface area contributed by atoms with Gasteiger partial charge < -0.3 is 14.5 Å². The van der Waals surface area contributed by atoms with Gasteiger partial charge in [-0.05, 0) is 14.0 Å². The Morgan fingerprint density at radius 3 is 2.83 bits per heavy atom. The zero-order valence-electron chi connectivity index (χ0n) is 14.0. The first-order valence-electron chi connectivity index (χ1n) is 8.12. The van der Waals surface area contributed by atoms with Crippen LogP contribution in [-0.2, 0) is 7.05 Å². The summed E-state index contributed by atoms with van der Waals surface area (Å²) in [5, 5.41) is 0.495. The van der Waals surface area contributed by atoms with Crippen molar-refractivity contribution in [3.63, 3.8) is 0 Å². The molecule has 2 aliphatic rings. The molecule has 4 heterocycles. The number of likely N-dealkylation sites (N-methyl/N-ethyl adjacent to an activating group) is 1. The van der Waals surface area contributed by atoms with Crippen LogP contribution in [0.15, 0.2) is 4.79 Å². The number of nitrogens with zero attached hydrogens (tertiary/aromatic N) is 5. The van der Waals surface area contributed by atoms with Gasteiger partial charge in [-0.15, -0.1) is 0 Å². The van der Waals surface area contributed by atoms with Gasteiger partial charge in [0.1, 0.15) is 11.2 Å². The van der Waals surface area contributed by atoms with Gasteiger partial charge in [0.15, 0.2) is 17.2 Å². The second-order valence-electron chi connectivity index (χ2n) is 6.56.